The molecule has 9 heteroatoms. The lowest BCUT2D eigenvalue weighted by molar-refractivity contribution is -0.113. The number of rotatable bonds is 6. The topological polar surface area (TPSA) is 90.5 Å². The number of carbonyl (C=O) groups excluding carboxylic acids is 1. The second-order valence-corrected chi connectivity index (χ2v) is 7.56. The summed E-state index contributed by atoms with van der Waals surface area (Å²) >= 11 is 1.37. The van der Waals surface area contributed by atoms with Gasteiger partial charge in [0.25, 0.3) is 0 Å². The SMILES string of the molecule is Cc1ccnn1-c1cccc(NC(=O)CSc2nnnn2C2CCCC2)c1. The van der Waals surface area contributed by atoms with Crippen molar-refractivity contribution in [3.8, 4) is 5.69 Å². The largest absolute Gasteiger partial charge is 0.325 e. The summed E-state index contributed by atoms with van der Waals surface area (Å²) in [5.74, 6) is 0.174. The van der Waals surface area contributed by atoms with Gasteiger partial charge in [0.2, 0.25) is 11.1 Å². The highest BCUT2D eigenvalue weighted by Crippen LogP contribution is 2.31. The molecule has 0 aliphatic heterocycles. The van der Waals surface area contributed by atoms with Crippen LogP contribution < -0.4 is 5.32 Å². The molecule has 1 amide bonds. The van der Waals surface area contributed by atoms with E-state index in [-0.39, 0.29) is 11.7 Å². The third kappa shape index (κ3) is 4.02. The summed E-state index contributed by atoms with van der Waals surface area (Å²) in [5.41, 5.74) is 2.68. The van der Waals surface area contributed by atoms with E-state index in [1.54, 1.807) is 6.20 Å². The van der Waals surface area contributed by atoms with Crippen LogP contribution in [-0.4, -0.2) is 41.6 Å². The van der Waals surface area contributed by atoms with E-state index in [0.717, 1.165) is 29.9 Å². The standard InChI is InChI=1S/C18H21N7OS/c1-13-9-10-19-24(13)16-8-4-5-14(11-16)20-17(26)12-27-18-21-22-23-25(18)15-6-2-3-7-15/h4-5,8-11,15H,2-3,6-7,12H2,1H3,(H,20,26). The van der Waals surface area contributed by atoms with Crippen molar-refractivity contribution in [2.45, 2.75) is 43.8 Å². The van der Waals surface area contributed by atoms with Crippen molar-refractivity contribution in [1.82, 2.24) is 30.0 Å². The Morgan fingerprint density at radius 1 is 1.30 bits per heavy atom. The Hall–Kier alpha value is -2.68. The maximum atomic E-state index is 12.4. The van der Waals surface area contributed by atoms with Gasteiger partial charge in [0, 0.05) is 17.6 Å². The van der Waals surface area contributed by atoms with Crippen LogP contribution in [0.2, 0.25) is 0 Å². The number of aryl methyl sites for hydroxylation is 1. The summed E-state index contributed by atoms with van der Waals surface area (Å²) in [4.78, 5) is 12.4. The fraction of sp³-hybridized carbons (Fsp3) is 0.389. The van der Waals surface area contributed by atoms with Gasteiger partial charge in [-0.15, -0.1) is 5.10 Å². The number of hydrogen-bond acceptors (Lipinski definition) is 6. The van der Waals surface area contributed by atoms with Gasteiger partial charge in [-0.25, -0.2) is 9.36 Å². The van der Waals surface area contributed by atoms with Gasteiger partial charge in [-0.1, -0.05) is 30.7 Å². The predicted molar refractivity (Wildman–Crippen MR) is 103 cm³/mol. The third-order valence-electron chi connectivity index (χ3n) is 4.67. The highest BCUT2D eigenvalue weighted by Gasteiger charge is 2.22. The smallest absolute Gasteiger partial charge is 0.234 e. The maximum Gasteiger partial charge on any atom is 0.234 e. The van der Waals surface area contributed by atoms with Gasteiger partial charge in [-0.3, -0.25) is 4.79 Å². The van der Waals surface area contributed by atoms with Crippen LogP contribution in [0.3, 0.4) is 0 Å². The zero-order valence-electron chi connectivity index (χ0n) is 15.1. The molecule has 0 bridgehead atoms. The zero-order valence-corrected chi connectivity index (χ0v) is 15.9. The Morgan fingerprint density at radius 2 is 2.15 bits per heavy atom. The molecule has 1 fully saturated rings. The van der Waals surface area contributed by atoms with Gasteiger partial charge in [0.15, 0.2) is 0 Å². The second kappa shape index (κ2) is 7.91. The molecular weight excluding hydrogens is 362 g/mol. The normalized spacial score (nSPS) is 14.6. The number of nitrogens with one attached hydrogen (secondary N) is 1. The summed E-state index contributed by atoms with van der Waals surface area (Å²) < 4.78 is 3.70. The van der Waals surface area contributed by atoms with Crippen LogP contribution >= 0.6 is 11.8 Å². The van der Waals surface area contributed by atoms with E-state index in [0.29, 0.717) is 11.2 Å². The Bertz CT molecular complexity index is 929. The summed E-state index contributed by atoms with van der Waals surface area (Å²) in [7, 11) is 0. The van der Waals surface area contributed by atoms with Crippen LogP contribution in [0.5, 0.6) is 0 Å². The van der Waals surface area contributed by atoms with Crippen LogP contribution in [0.15, 0.2) is 41.7 Å². The van der Waals surface area contributed by atoms with E-state index in [4.69, 9.17) is 0 Å². The van der Waals surface area contributed by atoms with E-state index in [2.05, 4.69) is 25.9 Å². The molecule has 0 radical (unpaired) electrons. The molecule has 0 unspecified atom stereocenters. The number of anilines is 1. The second-order valence-electron chi connectivity index (χ2n) is 6.62. The van der Waals surface area contributed by atoms with Crippen LogP contribution in [0, 0.1) is 6.92 Å². The lowest BCUT2D eigenvalue weighted by Crippen LogP contribution is -2.15. The number of carbonyl (C=O) groups is 1. The summed E-state index contributed by atoms with van der Waals surface area (Å²) in [6, 6.07) is 9.94. The number of nitrogens with zero attached hydrogens (tertiary/aromatic N) is 6. The molecule has 0 saturated heterocycles. The van der Waals surface area contributed by atoms with Gasteiger partial charge < -0.3 is 5.32 Å². The van der Waals surface area contributed by atoms with E-state index in [1.165, 1.54) is 24.6 Å². The van der Waals surface area contributed by atoms with E-state index < -0.39 is 0 Å². The Balaban J connectivity index is 1.38. The molecule has 3 aromatic rings. The third-order valence-corrected chi connectivity index (χ3v) is 5.61. The average Bonchev–Trinajstić information content (AvgIpc) is 3.41. The van der Waals surface area contributed by atoms with Crippen molar-refractivity contribution in [3.63, 3.8) is 0 Å². The van der Waals surface area contributed by atoms with Crippen molar-refractivity contribution in [3.05, 3.63) is 42.2 Å². The molecule has 0 atom stereocenters. The van der Waals surface area contributed by atoms with Crippen molar-refractivity contribution < 1.29 is 4.79 Å². The molecule has 1 aliphatic rings. The zero-order chi connectivity index (χ0) is 18.6. The van der Waals surface area contributed by atoms with Crippen LogP contribution in [0.1, 0.15) is 37.4 Å². The molecule has 27 heavy (non-hydrogen) atoms. The van der Waals surface area contributed by atoms with Crippen molar-refractivity contribution in [2.75, 3.05) is 11.1 Å². The molecule has 2 heterocycles. The van der Waals surface area contributed by atoms with Gasteiger partial charge >= 0.3 is 0 Å². The van der Waals surface area contributed by atoms with Crippen LogP contribution in [-0.2, 0) is 4.79 Å². The number of tetrazole rings is 1. The lowest BCUT2D eigenvalue weighted by atomic mass is 10.2. The highest BCUT2D eigenvalue weighted by atomic mass is 32.2. The minimum atomic E-state index is -0.0877. The number of aromatic nitrogens is 6. The number of hydrogen-bond donors (Lipinski definition) is 1. The monoisotopic (exact) mass is 383 g/mol. The Labute approximate surface area is 161 Å². The van der Waals surface area contributed by atoms with E-state index in [1.807, 2.05) is 46.6 Å². The molecular formula is C18H21N7OS. The number of amides is 1. The van der Waals surface area contributed by atoms with Crippen molar-refractivity contribution in [2.24, 2.45) is 0 Å². The molecule has 1 saturated carbocycles. The molecule has 1 aliphatic carbocycles. The molecule has 8 nitrogen and oxygen atoms in total. The fourth-order valence-electron chi connectivity index (χ4n) is 3.34. The summed E-state index contributed by atoms with van der Waals surface area (Å²) in [5, 5.41) is 19.9. The van der Waals surface area contributed by atoms with Gasteiger partial charge in [0.05, 0.1) is 17.5 Å². The lowest BCUT2D eigenvalue weighted by Gasteiger charge is -2.11. The van der Waals surface area contributed by atoms with Crippen molar-refractivity contribution in [1.29, 1.82) is 0 Å². The molecule has 140 valence electrons. The summed E-state index contributed by atoms with van der Waals surface area (Å²) in [6.45, 7) is 1.99. The fourth-order valence-corrected chi connectivity index (χ4v) is 4.09. The minimum absolute atomic E-state index is 0.0877. The minimum Gasteiger partial charge on any atom is -0.325 e. The first-order chi connectivity index (χ1) is 13.2. The summed E-state index contributed by atoms with van der Waals surface area (Å²) in [6.07, 6.45) is 6.38. The number of benzene rings is 1. The number of thioether (sulfide) groups is 1. The van der Waals surface area contributed by atoms with E-state index in [9.17, 15) is 4.79 Å². The molecule has 0 spiro atoms. The van der Waals surface area contributed by atoms with Gasteiger partial charge in [0.1, 0.15) is 0 Å². The molecule has 1 N–H and O–H groups in total. The predicted octanol–water partition coefficient (Wildman–Crippen LogP) is 3.01. The van der Waals surface area contributed by atoms with Gasteiger partial charge in [-0.2, -0.15) is 5.10 Å². The van der Waals surface area contributed by atoms with Crippen LogP contribution in [0.25, 0.3) is 5.69 Å². The highest BCUT2D eigenvalue weighted by molar-refractivity contribution is 7.99. The van der Waals surface area contributed by atoms with E-state index >= 15 is 0 Å². The molecule has 2 aromatic heterocycles. The molecule has 4 rings (SSSR count). The Kier molecular flexibility index (Phi) is 5.19. The first-order valence-electron chi connectivity index (χ1n) is 9.02. The van der Waals surface area contributed by atoms with Gasteiger partial charge in [-0.05, 0) is 54.5 Å². The first kappa shape index (κ1) is 17.7. The maximum absolute atomic E-state index is 12.4. The quantitative estimate of drug-likeness (QED) is 0.658. The van der Waals surface area contributed by atoms with Crippen LogP contribution in [0.4, 0.5) is 5.69 Å². The van der Waals surface area contributed by atoms with Crippen molar-refractivity contribution >= 4 is 23.4 Å². The first-order valence-corrected chi connectivity index (χ1v) is 10.0. The molecule has 1 aromatic carbocycles. The Morgan fingerprint density at radius 3 is 2.93 bits per heavy atom. The average molecular weight is 383 g/mol.